The molecule has 2 aromatic heterocycles. The van der Waals surface area contributed by atoms with Gasteiger partial charge >= 0.3 is 0 Å². The number of imidazole rings is 1. The second-order valence-corrected chi connectivity index (χ2v) is 8.20. The minimum absolute atomic E-state index is 0.269. The Balaban J connectivity index is 1.30. The molecule has 156 valence electrons. The van der Waals surface area contributed by atoms with Crippen LogP contribution in [0.2, 0.25) is 0 Å². The van der Waals surface area contributed by atoms with Gasteiger partial charge in [-0.1, -0.05) is 24.3 Å². The molecule has 1 saturated heterocycles. The number of carbonyl (C=O) groups excluding carboxylic acids is 1. The monoisotopic (exact) mass is 413 g/mol. The van der Waals surface area contributed by atoms with Gasteiger partial charge in [0.2, 0.25) is 17.8 Å². The lowest BCUT2D eigenvalue weighted by molar-refractivity contribution is -0.132. The molecule has 3 heterocycles. The van der Waals surface area contributed by atoms with Gasteiger partial charge in [-0.05, 0) is 37.1 Å². The highest BCUT2D eigenvalue weighted by Gasteiger charge is 2.35. The van der Waals surface area contributed by atoms with Crippen LogP contribution in [0.25, 0.3) is 21.9 Å². The number of piperazine rings is 1. The first-order chi connectivity index (χ1) is 15.2. The van der Waals surface area contributed by atoms with Crippen molar-refractivity contribution >= 4 is 45.6 Å². The number of nitrogens with one attached hydrogen (secondary N) is 2. The first-order valence-electron chi connectivity index (χ1n) is 10.8. The van der Waals surface area contributed by atoms with E-state index in [-0.39, 0.29) is 5.92 Å². The molecule has 0 unspecified atom stereocenters. The lowest BCUT2D eigenvalue weighted by Crippen LogP contribution is -2.49. The van der Waals surface area contributed by atoms with Crippen molar-refractivity contribution < 1.29 is 4.79 Å². The molecule has 1 aliphatic heterocycles. The van der Waals surface area contributed by atoms with Gasteiger partial charge in [-0.3, -0.25) is 10.1 Å². The molecule has 0 bridgehead atoms. The first-order valence-corrected chi connectivity index (χ1v) is 10.8. The SMILES string of the molecule is O=C(C1CC1)N1CCN(c2nc(Nc3nc4ccccc4[nH]3)nc3ccccc23)CC1. The third kappa shape index (κ3) is 3.43. The number of hydrogen-bond donors (Lipinski definition) is 2. The minimum atomic E-state index is 0.269. The minimum Gasteiger partial charge on any atom is -0.352 e. The summed E-state index contributed by atoms with van der Waals surface area (Å²) in [5.41, 5.74) is 2.73. The number of hydrogen-bond acceptors (Lipinski definition) is 6. The van der Waals surface area contributed by atoms with E-state index in [2.05, 4.69) is 26.3 Å². The number of nitrogens with zero attached hydrogens (tertiary/aromatic N) is 5. The fourth-order valence-electron chi connectivity index (χ4n) is 4.20. The Kier molecular flexibility index (Phi) is 4.22. The van der Waals surface area contributed by atoms with E-state index in [0.717, 1.165) is 66.8 Å². The van der Waals surface area contributed by atoms with E-state index in [0.29, 0.717) is 17.8 Å². The summed E-state index contributed by atoms with van der Waals surface area (Å²) in [7, 11) is 0. The topological polar surface area (TPSA) is 90.0 Å². The zero-order valence-corrected chi connectivity index (χ0v) is 17.1. The number of para-hydroxylation sites is 3. The Morgan fingerprint density at radius 2 is 1.65 bits per heavy atom. The fraction of sp³-hybridized carbons (Fsp3) is 0.304. The maximum atomic E-state index is 12.4. The average Bonchev–Trinajstić information content (AvgIpc) is 3.58. The summed E-state index contributed by atoms with van der Waals surface area (Å²) in [5.74, 6) is 2.60. The summed E-state index contributed by atoms with van der Waals surface area (Å²) in [4.78, 5) is 34.1. The van der Waals surface area contributed by atoms with E-state index < -0.39 is 0 Å². The van der Waals surface area contributed by atoms with Crippen LogP contribution in [0.15, 0.2) is 48.5 Å². The van der Waals surface area contributed by atoms with Gasteiger partial charge in [0.25, 0.3) is 0 Å². The largest absolute Gasteiger partial charge is 0.352 e. The smallest absolute Gasteiger partial charge is 0.232 e. The summed E-state index contributed by atoms with van der Waals surface area (Å²) in [5, 5.41) is 4.25. The quantitative estimate of drug-likeness (QED) is 0.534. The number of fused-ring (bicyclic) bond motifs is 2. The van der Waals surface area contributed by atoms with E-state index >= 15 is 0 Å². The van der Waals surface area contributed by atoms with Crippen molar-refractivity contribution in [3.05, 3.63) is 48.5 Å². The molecule has 2 aliphatic rings. The molecule has 2 N–H and O–H groups in total. The molecular formula is C23H23N7O. The Labute approximate surface area is 179 Å². The molecule has 31 heavy (non-hydrogen) atoms. The van der Waals surface area contributed by atoms with Crippen molar-refractivity contribution in [1.29, 1.82) is 0 Å². The number of amides is 1. The van der Waals surface area contributed by atoms with Gasteiger partial charge in [0.05, 0.1) is 16.6 Å². The molecular weight excluding hydrogens is 390 g/mol. The molecule has 0 spiro atoms. The van der Waals surface area contributed by atoms with Crippen LogP contribution in [0.4, 0.5) is 17.7 Å². The third-order valence-electron chi connectivity index (χ3n) is 6.02. The number of rotatable bonds is 4. The van der Waals surface area contributed by atoms with E-state index in [1.54, 1.807) is 0 Å². The number of anilines is 3. The summed E-state index contributed by atoms with van der Waals surface area (Å²) < 4.78 is 0. The van der Waals surface area contributed by atoms with E-state index in [1.807, 2.05) is 47.4 Å². The highest BCUT2D eigenvalue weighted by molar-refractivity contribution is 5.91. The predicted molar refractivity (Wildman–Crippen MR) is 120 cm³/mol. The Hall–Kier alpha value is -3.68. The van der Waals surface area contributed by atoms with E-state index in [1.165, 1.54) is 0 Å². The molecule has 1 amide bonds. The van der Waals surface area contributed by atoms with Crippen LogP contribution in [0.3, 0.4) is 0 Å². The lowest BCUT2D eigenvalue weighted by atomic mass is 10.2. The van der Waals surface area contributed by atoms with Gasteiger partial charge in [-0.15, -0.1) is 0 Å². The Morgan fingerprint density at radius 1 is 0.903 bits per heavy atom. The van der Waals surface area contributed by atoms with Gasteiger partial charge in [0.15, 0.2) is 0 Å². The van der Waals surface area contributed by atoms with Crippen LogP contribution >= 0.6 is 0 Å². The Bertz CT molecular complexity index is 1240. The van der Waals surface area contributed by atoms with Crippen molar-refractivity contribution in [3.63, 3.8) is 0 Å². The molecule has 0 radical (unpaired) electrons. The van der Waals surface area contributed by atoms with Crippen LogP contribution in [0.1, 0.15) is 12.8 Å². The maximum Gasteiger partial charge on any atom is 0.232 e. The first kappa shape index (κ1) is 18.1. The zero-order chi connectivity index (χ0) is 20.8. The van der Waals surface area contributed by atoms with Crippen LogP contribution in [0, 0.1) is 5.92 Å². The maximum absolute atomic E-state index is 12.4. The number of benzene rings is 2. The average molecular weight is 413 g/mol. The second-order valence-electron chi connectivity index (χ2n) is 8.20. The second kappa shape index (κ2) is 7.23. The summed E-state index contributed by atoms with van der Waals surface area (Å²) in [6.45, 7) is 3.01. The summed E-state index contributed by atoms with van der Waals surface area (Å²) in [6.07, 6.45) is 2.10. The summed E-state index contributed by atoms with van der Waals surface area (Å²) in [6, 6.07) is 15.9. The van der Waals surface area contributed by atoms with Crippen LogP contribution in [0.5, 0.6) is 0 Å². The molecule has 1 aliphatic carbocycles. The highest BCUT2D eigenvalue weighted by atomic mass is 16.2. The molecule has 8 nitrogen and oxygen atoms in total. The van der Waals surface area contributed by atoms with Crippen LogP contribution in [-0.2, 0) is 4.79 Å². The number of aromatic amines is 1. The van der Waals surface area contributed by atoms with Gasteiger partial charge in [0.1, 0.15) is 5.82 Å². The fourth-order valence-corrected chi connectivity index (χ4v) is 4.20. The zero-order valence-electron chi connectivity index (χ0n) is 17.1. The van der Waals surface area contributed by atoms with Crippen LogP contribution < -0.4 is 10.2 Å². The van der Waals surface area contributed by atoms with Gasteiger partial charge in [-0.25, -0.2) is 9.97 Å². The standard InChI is InChI=1S/C23H23N7O/c31-21(15-9-10-15)30-13-11-29(12-14-30)20-16-5-1-2-6-17(16)24-23(27-20)28-22-25-18-7-3-4-8-19(18)26-22/h1-8,15H,9-14H2,(H2,24,25,26,27,28). The third-order valence-corrected chi connectivity index (χ3v) is 6.02. The normalized spacial score (nSPS) is 16.8. The van der Waals surface area contributed by atoms with Gasteiger partial charge in [0, 0.05) is 37.5 Å². The predicted octanol–water partition coefficient (Wildman–Crippen LogP) is 3.31. The van der Waals surface area contributed by atoms with Crippen molar-refractivity contribution in [2.75, 3.05) is 36.4 Å². The lowest BCUT2D eigenvalue weighted by Gasteiger charge is -2.36. The highest BCUT2D eigenvalue weighted by Crippen LogP contribution is 2.32. The molecule has 8 heteroatoms. The molecule has 0 atom stereocenters. The Morgan fingerprint density at radius 3 is 2.42 bits per heavy atom. The number of H-pyrrole nitrogens is 1. The van der Waals surface area contributed by atoms with E-state index in [9.17, 15) is 4.79 Å². The van der Waals surface area contributed by atoms with Crippen molar-refractivity contribution in [1.82, 2.24) is 24.8 Å². The summed E-state index contributed by atoms with van der Waals surface area (Å²) >= 11 is 0. The molecule has 4 aromatic rings. The van der Waals surface area contributed by atoms with Crippen molar-refractivity contribution in [3.8, 4) is 0 Å². The molecule has 2 aromatic carbocycles. The molecule has 1 saturated carbocycles. The van der Waals surface area contributed by atoms with Crippen molar-refractivity contribution in [2.45, 2.75) is 12.8 Å². The number of aromatic nitrogens is 4. The van der Waals surface area contributed by atoms with Crippen LogP contribution in [-0.4, -0.2) is 56.9 Å². The molecule has 6 rings (SSSR count). The van der Waals surface area contributed by atoms with Gasteiger partial charge < -0.3 is 14.8 Å². The molecule has 2 fully saturated rings. The van der Waals surface area contributed by atoms with Gasteiger partial charge in [-0.2, -0.15) is 4.98 Å². The number of carbonyl (C=O) groups is 1. The van der Waals surface area contributed by atoms with Crippen molar-refractivity contribution in [2.24, 2.45) is 5.92 Å². The van der Waals surface area contributed by atoms with E-state index in [4.69, 9.17) is 9.97 Å².